The highest BCUT2D eigenvalue weighted by molar-refractivity contribution is 5.28. The fraction of sp³-hybridized carbons (Fsp3) is 0.500. The molecule has 0 fully saturated rings. The first-order valence-electron chi connectivity index (χ1n) is 7.40. The van der Waals surface area contributed by atoms with Gasteiger partial charge in [-0.2, -0.15) is 0 Å². The van der Waals surface area contributed by atoms with Gasteiger partial charge in [-0.05, 0) is 49.5 Å². The van der Waals surface area contributed by atoms with Crippen LogP contribution in [-0.4, -0.2) is 35.2 Å². The number of nitrogens with zero attached hydrogens (tertiary/aromatic N) is 3. The van der Waals surface area contributed by atoms with Gasteiger partial charge in [0, 0.05) is 13.2 Å². The quantitative estimate of drug-likeness (QED) is 0.805. The van der Waals surface area contributed by atoms with Crippen molar-refractivity contribution in [1.82, 2.24) is 20.3 Å². The molecule has 0 aliphatic heterocycles. The average Bonchev–Trinajstić information content (AvgIpc) is 2.90. The van der Waals surface area contributed by atoms with Gasteiger partial charge >= 0.3 is 0 Å². The van der Waals surface area contributed by atoms with Crippen molar-refractivity contribution in [3.63, 3.8) is 0 Å². The SMILES string of the molecule is CCNCC(Cc1cccc(OC)c1)Cc1cn(C)nn1. The summed E-state index contributed by atoms with van der Waals surface area (Å²) in [4.78, 5) is 0. The summed E-state index contributed by atoms with van der Waals surface area (Å²) < 4.78 is 7.05. The minimum atomic E-state index is 0.494. The van der Waals surface area contributed by atoms with Gasteiger partial charge in [-0.1, -0.05) is 24.3 Å². The summed E-state index contributed by atoms with van der Waals surface area (Å²) in [6.07, 6.45) is 3.92. The predicted octanol–water partition coefficient (Wildman–Crippen LogP) is 1.83. The van der Waals surface area contributed by atoms with E-state index in [0.29, 0.717) is 5.92 Å². The first kappa shape index (κ1) is 15.5. The van der Waals surface area contributed by atoms with Crippen LogP contribution in [0.1, 0.15) is 18.2 Å². The first-order chi connectivity index (χ1) is 10.2. The summed E-state index contributed by atoms with van der Waals surface area (Å²) in [7, 11) is 3.60. The van der Waals surface area contributed by atoms with Gasteiger partial charge in [0.15, 0.2) is 0 Å². The van der Waals surface area contributed by atoms with E-state index in [1.165, 1.54) is 5.56 Å². The molecule has 1 aromatic heterocycles. The van der Waals surface area contributed by atoms with Gasteiger partial charge in [-0.3, -0.25) is 4.68 Å². The summed E-state index contributed by atoms with van der Waals surface area (Å²) in [6.45, 7) is 4.09. The molecule has 0 saturated heterocycles. The molecule has 0 bridgehead atoms. The van der Waals surface area contributed by atoms with E-state index in [1.807, 2.05) is 25.4 Å². The fourth-order valence-corrected chi connectivity index (χ4v) is 2.48. The van der Waals surface area contributed by atoms with E-state index in [2.05, 4.69) is 34.7 Å². The highest BCUT2D eigenvalue weighted by atomic mass is 16.5. The highest BCUT2D eigenvalue weighted by Gasteiger charge is 2.13. The molecule has 0 saturated carbocycles. The van der Waals surface area contributed by atoms with Crippen LogP contribution in [-0.2, 0) is 19.9 Å². The zero-order chi connectivity index (χ0) is 15.1. The third-order valence-electron chi connectivity index (χ3n) is 3.49. The lowest BCUT2D eigenvalue weighted by molar-refractivity contribution is 0.413. The van der Waals surface area contributed by atoms with Gasteiger partial charge in [0.05, 0.1) is 12.8 Å². The van der Waals surface area contributed by atoms with E-state index < -0.39 is 0 Å². The van der Waals surface area contributed by atoms with Crippen LogP contribution in [0, 0.1) is 5.92 Å². The van der Waals surface area contributed by atoms with Crippen molar-refractivity contribution in [3.05, 3.63) is 41.7 Å². The summed E-state index contributed by atoms with van der Waals surface area (Å²) >= 11 is 0. The van der Waals surface area contributed by atoms with Crippen molar-refractivity contribution in [3.8, 4) is 5.75 Å². The molecule has 1 unspecified atom stereocenters. The van der Waals surface area contributed by atoms with E-state index in [9.17, 15) is 0 Å². The van der Waals surface area contributed by atoms with Crippen LogP contribution in [0.5, 0.6) is 5.75 Å². The molecule has 0 radical (unpaired) electrons. The van der Waals surface area contributed by atoms with Gasteiger partial charge in [0.2, 0.25) is 0 Å². The fourth-order valence-electron chi connectivity index (χ4n) is 2.48. The second-order valence-electron chi connectivity index (χ2n) is 5.32. The second kappa shape index (κ2) is 7.78. The average molecular weight is 288 g/mol. The molecule has 2 aromatic rings. The number of aromatic nitrogens is 3. The Morgan fingerprint density at radius 3 is 2.86 bits per heavy atom. The van der Waals surface area contributed by atoms with E-state index in [-0.39, 0.29) is 0 Å². The Labute approximate surface area is 126 Å². The van der Waals surface area contributed by atoms with Crippen molar-refractivity contribution in [2.24, 2.45) is 13.0 Å². The van der Waals surface area contributed by atoms with Crippen molar-refractivity contribution in [2.75, 3.05) is 20.2 Å². The van der Waals surface area contributed by atoms with E-state index >= 15 is 0 Å². The van der Waals surface area contributed by atoms with E-state index in [1.54, 1.807) is 11.8 Å². The van der Waals surface area contributed by atoms with Crippen LogP contribution >= 0.6 is 0 Å². The Kier molecular flexibility index (Phi) is 5.75. The normalized spacial score (nSPS) is 12.3. The molecule has 5 nitrogen and oxygen atoms in total. The number of ether oxygens (including phenoxy) is 1. The third-order valence-corrected chi connectivity index (χ3v) is 3.49. The van der Waals surface area contributed by atoms with Crippen LogP contribution in [0.3, 0.4) is 0 Å². The number of nitrogens with one attached hydrogen (secondary N) is 1. The predicted molar refractivity (Wildman–Crippen MR) is 83.4 cm³/mol. The number of hydrogen-bond acceptors (Lipinski definition) is 4. The summed E-state index contributed by atoms with van der Waals surface area (Å²) in [6, 6.07) is 8.28. The maximum absolute atomic E-state index is 5.30. The third kappa shape index (κ3) is 4.86. The number of hydrogen-bond donors (Lipinski definition) is 1. The highest BCUT2D eigenvalue weighted by Crippen LogP contribution is 2.18. The van der Waals surface area contributed by atoms with Crippen LogP contribution in [0.15, 0.2) is 30.5 Å². The molecule has 0 amide bonds. The standard InChI is InChI=1S/C16H24N4O/c1-4-17-11-14(9-15-12-20(2)19-18-15)8-13-6-5-7-16(10-13)21-3/h5-7,10,12,14,17H,4,8-9,11H2,1-3H3. The Balaban J connectivity index is 2.04. The second-order valence-corrected chi connectivity index (χ2v) is 5.32. The smallest absolute Gasteiger partial charge is 0.119 e. The zero-order valence-corrected chi connectivity index (χ0v) is 13.0. The largest absolute Gasteiger partial charge is 0.497 e. The molecule has 2 rings (SSSR count). The molecule has 1 atom stereocenters. The molecule has 114 valence electrons. The van der Waals surface area contributed by atoms with Gasteiger partial charge in [0.25, 0.3) is 0 Å². The topological polar surface area (TPSA) is 52.0 Å². The minimum Gasteiger partial charge on any atom is -0.497 e. The number of rotatable bonds is 8. The number of benzene rings is 1. The summed E-state index contributed by atoms with van der Waals surface area (Å²) in [5, 5.41) is 11.6. The lowest BCUT2D eigenvalue weighted by Crippen LogP contribution is -2.25. The zero-order valence-electron chi connectivity index (χ0n) is 13.0. The van der Waals surface area contributed by atoms with Crippen molar-refractivity contribution in [1.29, 1.82) is 0 Å². The van der Waals surface area contributed by atoms with Crippen molar-refractivity contribution in [2.45, 2.75) is 19.8 Å². The lowest BCUT2D eigenvalue weighted by atomic mass is 9.94. The Morgan fingerprint density at radius 1 is 1.33 bits per heavy atom. The van der Waals surface area contributed by atoms with Gasteiger partial charge in [0.1, 0.15) is 5.75 Å². The lowest BCUT2D eigenvalue weighted by Gasteiger charge is -2.16. The minimum absolute atomic E-state index is 0.494. The van der Waals surface area contributed by atoms with E-state index in [4.69, 9.17) is 4.74 Å². The van der Waals surface area contributed by atoms with Gasteiger partial charge in [-0.15, -0.1) is 5.10 Å². The Hall–Kier alpha value is -1.88. The molecule has 0 aliphatic carbocycles. The maximum atomic E-state index is 5.30. The van der Waals surface area contributed by atoms with Crippen LogP contribution in [0.4, 0.5) is 0 Å². The van der Waals surface area contributed by atoms with Crippen molar-refractivity contribution >= 4 is 0 Å². The monoisotopic (exact) mass is 288 g/mol. The molecule has 1 heterocycles. The van der Waals surface area contributed by atoms with E-state index in [0.717, 1.165) is 37.4 Å². The molecule has 1 N–H and O–H groups in total. The van der Waals surface area contributed by atoms with Crippen molar-refractivity contribution < 1.29 is 4.74 Å². The summed E-state index contributed by atoms with van der Waals surface area (Å²) in [5.41, 5.74) is 2.34. The van der Waals surface area contributed by atoms with Crippen LogP contribution in [0.2, 0.25) is 0 Å². The molecule has 5 heteroatoms. The van der Waals surface area contributed by atoms with Crippen LogP contribution < -0.4 is 10.1 Å². The Morgan fingerprint density at radius 2 is 2.19 bits per heavy atom. The number of aryl methyl sites for hydroxylation is 1. The summed E-state index contributed by atoms with van der Waals surface area (Å²) in [5.74, 6) is 1.41. The van der Waals surface area contributed by atoms with Crippen LogP contribution in [0.25, 0.3) is 0 Å². The molecule has 0 aliphatic rings. The van der Waals surface area contributed by atoms with Gasteiger partial charge in [-0.25, -0.2) is 0 Å². The molecule has 21 heavy (non-hydrogen) atoms. The Bertz CT molecular complexity index is 553. The molecule has 0 spiro atoms. The molecule has 1 aromatic carbocycles. The maximum Gasteiger partial charge on any atom is 0.119 e. The van der Waals surface area contributed by atoms with Gasteiger partial charge < -0.3 is 10.1 Å². The molecular formula is C16H24N4O. The first-order valence-corrected chi connectivity index (χ1v) is 7.40. The number of methoxy groups -OCH3 is 1. The molecular weight excluding hydrogens is 264 g/mol.